The number of hydrogen-bond donors (Lipinski definition) is 1. The van der Waals surface area contributed by atoms with Crippen molar-refractivity contribution >= 4 is 17.3 Å². The van der Waals surface area contributed by atoms with Crippen molar-refractivity contribution in [3.8, 4) is 0 Å². The lowest BCUT2D eigenvalue weighted by molar-refractivity contribution is 0.276. The normalized spacial score (nSPS) is 26.1. The van der Waals surface area contributed by atoms with Crippen LogP contribution in [-0.4, -0.2) is 24.7 Å². The highest BCUT2D eigenvalue weighted by atomic mass is 35.5. The van der Waals surface area contributed by atoms with E-state index in [-0.39, 0.29) is 11.4 Å². The van der Waals surface area contributed by atoms with Gasteiger partial charge in [-0.15, -0.1) is 0 Å². The molecule has 1 heterocycles. The van der Waals surface area contributed by atoms with Crippen LogP contribution in [0, 0.1) is 5.82 Å². The molecule has 1 atom stereocenters. The van der Waals surface area contributed by atoms with Gasteiger partial charge in [0.15, 0.2) is 0 Å². The summed E-state index contributed by atoms with van der Waals surface area (Å²) in [5.74, 6) is -0.256. The van der Waals surface area contributed by atoms with Crippen LogP contribution in [0.2, 0.25) is 5.02 Å². The number of nitrogens with one attached hydrogen (secondary N) is 1. The van der Waals surface area contributed by atoms with Gasteiger partial charge in [0, 0.05) is 35.4 Å². The van der Waals surface area contributed by atoms with E-state index in [1.807, 2.05) is 6.07 Å². The molecule has 19 heavy (non-hydrogen) atoms. The highest BCUT2D eigenvalue weighted by molar-refractivity contribution is 6.30. The van der Waals surface area contributed by atoms with Crippen LogP contribution in [0.3, 0.4) is 0 Å². The molecular formula is C15H20ClFN2. The Labute approximate surface area is 118 Å². The topological polar surface area (TPSA) is 15.3 Å². The van der Waals surface area contributed by atoms with E-state index in [0.29, 0.717) is 11.1 Å². The van der Waals surface area contributed by atoms with Gasteiger partial charge in [0.25, 0.3) is 0 Å². The standard InChI is InChI=1S/C15H20ClFN2/c1-11-9-18-15(4-2-3-5-15)10-19(11)14-7-12(16)6-13(17)8-14/h6-8,11,18H,2-5,9-10H2,1H3. The molecule has 1 unspecified atom stereocenters. The van der Waals surface area contributed by atoms with Gasteiger partial charge in [0.1, 0.15) is 5.82 Å². The van der Waals surface area contributed by atoms with Crippen molar-refractivity contribution in [3.63, 3.8) is 0 Å². The van der Waals surface area contributed by atoms with Crippen LogP contribution in [0.4, 0.5) is 10.1 Å². The first-order valence-electron chi connectivity index (χ1n) is 7.06. The van der Waals surface area contributed by atoms with E-state index in [2.05, 4.69) is 17.1 Å². The zero-order chi connectivity index (χ0) is 13.5. The van der Waals surface area contributed by atoms with Gasteiger partial charge >= 0.3 is 0 Å². The Bertz CT molecular complexity index is 451. The van der Waals surface area contributed by atoms with Crippen LogP contribution < -0.4 is 10.2 Å². The molecule has 2 nitrogen and oxygen atoms in total. The number of anilines is 1. The minimum Gasteiger partial charge on any atom is -0.366 e. The molecule has 3 rings (SSSR count). The number of halogens is 2. The largest absolute Gasteiger partial charge is 0.366 e. The predicted molar refractivity (Wildman–Crippen MR) is 77.4 cm³/mol. The van der Waals surface area contributed by atoms with Crippen molar-refractivity contribution in [1.29, 1.82) is 0 Å². The van der Waals surface area contributed by atoms with Gasteiger partial charge in [-0.25, -0.2) is 4.39 Å². The summed E-state index contributed by atoms with van der Waals surface area (Å²) in [6, 6.07) is 5.19. The number of rotatable bonds is 1. The van der Waals surface area contributed by atoms with Gasteiger partial charge in [-0.05, 0) is 38.0 Å². The molecule has 1 aliphatic heterocycles. The lowest BCUT2D eigenvalue weighted by atomic mass is 9.92. The van der Waals surface area contributed by atoms with E-state index < -0.39 is 0 Å². The summed E-state index contributed by atoms with van der Waals surface area (Å²) in [5, 5.41) is 4.18. The smallest absolute Gasteiger partial charge is 0.126 e. The van der Waals surface area contributed by atoms with Gasteiger partial charge < -0.3 is 10.2 Å². The lowest BCUT2D eigenvalue weighted by Gasteiger charge is -2.46. The van der Waals surface area contributed by atoms with E-state index in [4.69, 9.17) is 11.6 Å². The zero-order valence-electron chi connectivity index (χ0n) is 11.3. The third kappa shape index (κ3) is 2.59. The van der Waals surface area contributed by atoms with Crippen molar-refractivity contribution in [2.24, 2.45) is 0 Å². The SMILES string of the molecule is CC1CNC2(CCCC2)CN1c1cc(F)cc(Cl)c1. The van der Waals surface area contributed by atoms with E-state index in [1.54, 1.807) is 6.07 Å². The maximum absolute atomic E-state index is 13.6. The first kappa shape index (κ1) is 13.2. The Hall–Kier alpha value is -0.800. The Morgan fingerprint density at radius 2 is 2.05 bits per heavy atom. The summed E-state index contributed by atoms with van der Waals surface area (Å²) < 4.78 is 13.6. The van der Waals surface area contributed by atoms with Crippen LogP contribution in [0.1, 0.15) is 32.6 Å². The van der Waals surface area contributed by atoms with Crippen molar-refractivity contribution in [2.45, 2.75) is 44.2 Å². The average molecular weight is 283 g/mol. The fraction of sp³-hybridized carbons (Fsp3) is 0.600. The third-order valence-corrected chi connectivity index (χ3v) is 4.74. The molecule has 1 saturated carbocycles. The molecule has 0 bridgehead atoms. The molecule has 104 valence electrons. The van der Waals surface area contributed by atoms with Gasteiger partial charge in [0.2, 0.25) is 0 Å². The fourth-order valence-corrected chi connectivity index (χ4v) is 3.67. The van der Waals surface area contributed by atoms with E-state index in [1.165, 1.54) is 31.7 Å². The van der Waals surface area contributed by atoms with Gasteiger partial charge in [0.05, 0.1) is 0 Å². The Morgan fingerprint density at radius 1 is 1.32 bits per heavy atom. The molecule has 1 saturated heterocycles. The van der Waals surface area contributed by atoms with Gasteiger partial charge in [-0.1, -0.05) is 24.4 Å². The van der Waals surface area contributed by atoms with Crippen molar-refractivity contribution < 1.29 is 4.39 Å². The Kier molecular flexibility index (Phi) is 3.44. The second-order valence-electron chi connectivity index (χ2n) is 5.97. The van der Waals surface area contributed by atoms with Crippen LogP contribution in [0.5, 0.6) is 0 Å². The minimum absolute atomic E-state index is 0.227. The van der Waals surface area contributed by atoms with E-state index >= 15 is 0 Å². The van der Waals surface area contributed by atoms with Crippen molar-refractivity contribution in [2.75, 3.05) is 18.0 Å². The Balaban J connectivity index is 1.88. The molecule has 1 aromatic rings. The molecule has 1 spiro atoms. The van der Waals surface area contributed by atoms with Crippen LogP contribution in [0.25, 0.3) is 0 Å². The molecule has 4 heteroatoms. The monoisotopic (exact) mass is 282 g/mol. The maximum Gasteiger partial charge on any atom is 0.126 e. The Morgan fingerprint density at radius 3 is 2.74 bits per heavy atom. The number of hydrogen-bond acceptors (Lipinski definition) is 2. The lowest BCUT2D eigenvalue weighted by Crippen LogP contribution is -2.62. The minimum atomic E-state index is -0.256. The predicted octanol–water partition coefficient (Wildman–Crippen LogP) is 3.59. The summed E-state index contributed by atoms with van der Waals surface area (Å²) in [5.41, 5.74) is 1.14. The molecule has 1 aliphatic carbocycles. The third-order valence-electron chi connectivity index (χ3n) is 4.52. The maximum atomic E-state index is 13.6. The molecule has 0 amide bonds. The highest BCUT2D eigenvalue weighted by Crippen LogP contribution is 2.35. The zero-order valence-corrected chi connectivity index (χ0v) is 12.0. The fourth-order valence-electron chi connectivity index (χ4n) is 3.45. The van der Waals surface area contributed by atoms with Crippen molar-refractivity contribution in [1.82, 2.24) is 5.32 Å². The molecular weight excluding hydrogens is 263 g/mol. The average Bonchev–Trinajstić information content (AvgIpc) is 2.80. The first-order chi connectivity index (χ1) is 9.08. The molecule has 2 aliphatic rings. The molecule has 1 aromatic carbocycles. The number of piperazine rings is 1. The quantitative estimate of drug-likeness (QED) is 0.847. The van der Waals surface area contributed by atoms with Gasteiger partial charge in [-0.3, -0.25) is 0 Å². The van der Waals surface area contributed by atoms with E-state index in [9.17, 15) is 4.39 Å². The molecule has 0 aromatic heterocycles. The molecule has 2 fully saturated rings. The summed E-state index contributed by atoms with van der Waals surface area (Å²) in [6.07, 6.45) is 5.02. The summed E-state index contributed by atoms with van der Waals surface area (Å²) in [4.78, 5) is 2.30. The van der Waals surface area contributed by atoms with Crippen LogP contribution in [-0.2, 0) is 0 Å². The van der Waals surface area contributed by atoms with Gasteiger partial charge in [-0.2, -0.15) is 0 Å². The molecule has 1 N–H and O–H groups in total. The number of nitrogens with zero attached hydrogens (tertiary/aromatic N) is 1. The molecule has 0 radical (unpaired) electrons. The van der Waals surface area contributed by atoms with Crippen LogP contribution >= 0.6 is 11.6 Å². The van der Waals surface area contributed by atoms with Crippen molar-refractivity contribution in [3.05, 3.63) is 29.0 Å². The first-order valence-corrected chi connectivity index (χ1v) is 7.44. The highest BCUT2D eigenvalue weighted by Gasteiger charge is 2.40. The van der Waals surface area contributed by atoms with E-state index in [0.717, 1.165) is 18.8 Å². The summed E-state index contributed by atoms with van der Waals surface area (Å²) in [6.45, 7) is 4.08. The number of benzene rings is 1. The second kappa shape index (κ2) is 4.95. The summed E-state index contributed by atoms with van der Waals surface area (Å²) in [7, 11) is 0. The second-order valence-corrected chi connectivity index (χ2v) is 6.41. The van der Waals surface area contributed by atoms with Crippen LogP contribution in [0.15, 0.2) is 18.2 Å². The summed E-state index contributed by atoms with van der Waals surface area (Å²) >= 11 is 5.99.